The second-order valence-corrected chi connectivity index (χ2v) is 4.85. The van der Waals surface area contributed by atoms with Crippen LogP contribution in [0.5, 0.6) is 5.75 Å². The second kappa shape index (κ2) is 6.22. The van der Waals surface area contributed by atoms with E-state index in [1.807, 2.05) is 43.3 Å². The van der Waals surface area contributed by atoms with Crippen LogP contribution in [0.3, 0.4) is 0 Å². The van der Waals surface area contributed by atoms with Gasteiger partial charge in [-0.05, 0) is 37.3 Å². The van der Waals surface area contributed by atoms with Crippen molar-refractivity contribution in [3.05, 3.63) is 60.0 Å². The Morgan fingerprint density at radius 2 is 2.14 bits per heavy atom. The van der Waals surface area contributed by atoms with E-state index in [1.165, 1.54) is 0 Å². The standard InChI is InChI=1S/C17H16N4O/c1-12-8-17(21-19-11-13-4-3-7-18-10-13)15-9-14(22-2)5-6-16(15)20-12/h3-11H,1-2H3,(H,20,21)/b19-11-. The molecule has 0 amide bonds. The van der Waals surface area contributed by atoms with Crippen molar-refractivity contribution in [1.82, 2.24) is 9.97 Å². The van der Waals surface area contributed by atoms with Crippen molar-refractivity contribution in [3.8, 4) is 5.75 Å². The number of pyridine rings is 2. The largest absolute Gasteiger partial charge is 0.497 e. The molecular formula is C17H16N4O. The van der Waals surface area contributed by atoms with Gasteiger partial charge in [-0.25, -0.2) is 0 Å². The molecule has 3 rings (SSSR count). The van der Waals surface area contributed by atoms with E-state index in [1.54, 1.807) is 25.7 Å². The zero-order chi connectivity index (χ0) is 15.4. The maximum Gasteiger partial charge on any atom is 0.119 e. The number of hydrogen-bond donors (Lipinski definition) is 1. The number of aromatic nitrogens is 2. The van der Waals surface area contributed by atoms with Crippen LogP contribution in [0.25, 0.3) is 10.9 Å². The van der Waals surface area contributed by atoms with Gasteiger partial charge in [-0.15, -0.1) is 0 Å². The molecule has 0 saturated heterocycles. The van der Waals surface area contributed by atoms with Gasteiger partial charge in [0.1, 0.15) is 5.75 Å². The van der Waals surface area contributed by atoms with Crippen LogP contribution in [-0.2, 0) is 0 Å². The van der Waals surface area contributed by atoms with Gasteiger partial charge in [0.15, 0.2) is 0 Å². The molecule has 2 aromatic heterocycles. The van der Waals surface area contributed by atoms with Crippen LogP contribution in [0, 0.1) is 6.92 Å². The van der Waals surface area contributed by atoms with E-state index in [-0.39, 0.29) is 0 Å². The summed E-state index contributed by atoms with van der Waals surface area (Å²) in [6.45, 7) is 1.96. The summed E-state index contributed by atoms with van der Waals surface area (Å²) >= 11 is 0. The third-order valence-corrected chi connectivity index (χ3v) is 3.23. The molecule has 0 unspecified atom stereocenters. The molecule has 0 spiro atoms. The molecule has 0 aliphatic carbocycles. The van der Waals surface area contributed by atoms with Gasteiger partial charge in [-0.1, -0.05) is 6.07 Å². The Bertz CT molecular complexity index is 816. The minimum absolute atomic E-state index is 0.789. The lowest BCUT2D eigenvalue weighted by molar-refractivity contribution is 0.415. The smallest absolute Gasteiger partial charge is 0.119 e. The van der Waals surface area contributed by atoms with Crippen molar-refractivity contribution >= 4 is 22.8 Å². The zero-order valence-electron chi connectivity index (χ0n) is 12.4. The minimum atomic E-state index is 0.789. The lowest BCUT2D eigenvalue weighted by Crippen LogP contribution is -1.95. The molecule has 5 heteroatoms. The van der Waals surface area contributed by atoms with Crippen LogP contribution >= 0.6 is 0 Å². The summed E-state index contributed by atoms with van der Waals surface area (Å²) in [4.78, 5) is 8.57. The van der Waals surface area contributed by atoms with E-state index in [0.29, 0.717) is 0 Å². The fraction of sp³-hybridized carbons (Fsp3) is 0.118. The first-order valence-corrected chi connectivity index (χ1v) is 6.91. The summed E-state index contributed by atoms with van der Waals surface area (Å²) in [5, 5.41) is 5.24. The van der Waals surface area contributed by atoms with Gasteiger partial charge >= 0.3 is 0 Å². The predicted octanol–water partition coefficient (Wildman–Crippen LogP) is 3.39. The SMILES string of the molecule is COc1ccc2nc(C)cc(N/N=C\c3cccnc3)c2c1. The van der Waals surface area contributed by atoms with Gasteiger partial charge in [-0.3, -0.25) is 15.4 Å². The Labute approximate surface area is 128 Å². The Kier molecular flexibility index (Phi) is 3.96. The van der Waals surface area contributed by atoms with Crippen molar-refractivity contribution in [3.63, 3.8) is 0 Å². The molecule has 0 radical (unpaired) electrons. The number of methoxy groups -OCH3 is 1. The Balaban J connectivity index is 1.93. The van der Waals surface area contributed by atoms with Crippen molar-refractivity contribution in [1.29, 1.82) is 0 Å². The fourth-order valence-corrected chi connectivity index (χ4v) is 2.19. The summed E-state index contributed by atoms with van der Waals surface area (Å²) in [6, 6.07) is 11.6. The van der Waals surface area contributed by atoms with E-state index >= 15 is 0 Å². The first-order valence-electron chi connectivity index (χ1n) is 6.91. The van der Waals surface area contributed by atoms with Gasteiger partial charge in [0.05, 0.1) is 24.5 Å². The molecule has 0 fully saturated rings. The van der Waals surface area contributed by atoms with Gasteiger partial charge in [0.2, 0.25) is 0 Å². The molecule has 0 atom stereocenters. The lowest BCUT2D eigenvalue weighted by Gasteiger charge is -2.08. The fourth-order valence-electron chi connectivity index (χ4n) is 2.19. The number of nitrogens with one attached hydrogen (secondary N) is 1. The molecule has 3 aromatic rings. The highest BCUT2D eigenvalue weighted by molar-refractivity contribution is 5.93. The van der Waals surface area contributed by atoms with Crippen LogP contribution in [0.15, 0.2) is 53.9 Å². The molecule has 110 valence electrons. The number of hydrogen-bond acceptors (Lipinski definition) is 5. The Morgan fingerprint density at radius 3 is 2.91 bits per heavy atom. The van der Waals surface area contributed by atoms with Gasteiger partial charge in [0, 0.05) is 29.0 Å². The quantitative estimate of drug-likeness (QED) is 0.591. The number of rotatable bonds is 4. The molecule has 1 N–H and O–H groups in total. The Morgan fingerprint density at radius 1 is 1.23 bits per heavy atom. The molecule has 5 nitrogen and oxygen atoms in total. The molecule has 2 heterocycles. The number of hydrazone groups is 1. The minimum Gasteiger partial charge on any atom is -0.497 e. The topological polar surface area (TPSA) is 59.4 Å². The van der Waals surface area contributed by atoms with Crippen molar-refractivity contribution in [2.24, 2.45) is 5.10 Å². The average Bonchev–Trinajstić information content (AvgIpc) is 2.55. The molecule has 1 aromatic carbocycles. The number of nitrogens with zero attached hydrogens (tertiary/aromatic N) is 3. The molecule has 0 bridgehead atoms. The molecule has 0 aliphatic heterocycles. The summed E-state index contributed by atoms with van der Waals surface area (Å²) in [5.74, 6) is 0.789. The van der Waals surface area contributed by atoms with Crippen LogP contribution in [0.2, 0.25) is 0 Å². The monoisotopic (exact) mass is 292 g/mol. The van der Waals surface area contributed by atoms with Crippen LogP contribution in [0.1, 0.15) is 11.3 Å². The number of anilines is 1. The van der Waals surface area contributed by atoms with E-state index < -0.39 is 0 Å². The summed E-state index contributed by atoms with van der Waals surface area (Å²) < 4.78 is 5.28. The lowest BCUT2D eigenvalue weighted by atomic mass is 10.1. The highest BCUT2D eigenvalue weighted by atomic mass is 16.5. The predicted molar refractivity (Wildman–Crippen MR) is 88.5 cm³/mol. The number of fused-ring (bicyclic) bond motifs is 1. The van der Waals surface area contributed by atoms with Crippen LogP contribution in [-0.4, -0.2) is 23.3 Å². The number of aryl methyl sites for hydroxylation is 1. The molecular weight excluding hydrogens is 276 g/mol. The van der Waals surface area contributed by atoms with Crippen LogP contribution in [0.4, 0.5) is 5.69 Å². The van der Waals surface area contributed by atoms with Gasteiger partial charge in [0.25, 0.3) is 0 Å². The van der Waals surface area contributed by atoms with Gasteiger partial charge < -0.3 is 4.74 Å². The zero-order valence-corrected chi connectivity index (χ0v) is 12.4. The van der Waals surface area contributed by atoms with Gasteiger partial charge in [-0.2, -0.15) is 5.10 Å². The van der Waals surface area contributed by atoms with Crippen molar-refractivity contribution in [2.75, 3.05) is 12.5 Å². The summed E-state index contributed by atoms with van der Waals surface area (Å²) in [7, 11) is 1.65. The molecule has 0 aliphatic rings. The number of ether oxygens (including phenoxy) is 1. The molecule has 22 heavy (non-hydrogen) atoms. The summed E-state index contributed by atoms with van der Waals surface area (Å²) in [6.07, 6.45) is 5.22. The third kappa shape index (κ3) is 3.03. The summed E-state index contributed by atoms with van der Waals surface area (Å²) in [5.41, 5.74) is 6.73. The third-order valence-electron chi connectivity index (χ3n) is 3.23. The maximum atomic E-state index is 5.28. The number of benzene rings is 1. The highest BCUT2D eigenvalue weighted by Gasteiger charge is 2.05. The Hall–Kier alpha value is -2.95. The molecule has 0 saturated carbocycles. The van der Waals surface area contributed by atoms with E-state index in [4.69, 9.17) is 4.74 Å². The average molecular weight is 292 g/mol. The highest BCUT2D eigenvalue weighted by Crippen LogP contribution is 2.27. The maximum absolute atomic E-state index is 5.28. The second-order valence-electron chi connectivity index (χ2n) is 4.85. The first kappa shape index (κ1) is 14.0. The van der Waals surface area contributed by atoms with Crippen molar-refractivity contribution < 1.29 is 4.74 Å². The van der Waals surface area contributed by atoms with Crippen molar-refractivity contribution in [2.45, 2.75) is 6.92 Å². The van der Waals surface area contributed by atoms with E-state index in [0.717, 1.165) is 33.6 Å². The normalized spacial score (nSPS) is 11.0. The van der Waals surface area contributed by atoms with Crippen LogP contribution < -0.4 is 10.2 Å². The van der Waals surface area contributed by atoms with E-state index in [9.17, 15) is 0 Å². The first-order chi connectivity index (χ1) is 10.8. The van der Waals surface area contributed by atoms with E-state index in [2.05, 4.69) is 20.5 Å².